The van der Waals surface area contributed by atoms with E-state index in [1.54, 1.807) is 0 Å². The molecule has 0 bridgehead atoms. The largest absolute Gasteiger partial charge is 0.353 e. The molecule has 3 N–H and O–H groups in total. The first-order valence-electron chi connectivity index (χ1n) is 6.20. The van der Waals surface area contributed by atoms with Gasteiger partial charge in [0.25, 0.3) is 0 Å². The molecule has 0 radical (unpaired) electrons. The fourth-order valence-electron chi connectivity index (χ4n) is 2.18. The number of nitrogens with one attached hydrogen (secondary N) is 1. The van der Waals surface area contributed by atoms with Gasteiger partial charge in [-0.05, 0) is 50.0 Å². The first-order valence-corrected chi connectivity index (χ1v) is 6.20. The molecule has 2 saturated carbocycles. The van der Waals surface area contributed by atoms with Crippen LogP contribution >= 0.6 is 0 Å². The number of rotatable bonds is 6. The Hall–Kier alpha value is -0.570. The zero-order valence-electron chi connectivity index (χ0n) is 9.54. The van der Waals surface area contributed by atoms with Gasteiger partial charge in [-0.2, -0.15) is 0 Å². The van der Waals surface area contributed by atoms with E-state index >= 15 is 0 Å². The van der Waals surface area contributed by atoms with Crippen molar-refractivity contribution in [1.82, 2.24) is 5.32 Å². The van der Waals surface area contributed by atoms with Gasteiger partial charge < -0.3 is 11.1 Å². The normalized spacial score (nSPS) is 22.9. The maximum Gasteiger partial charge on any atom is 0.220 e. The third-order valence-electron chi connectivity index (χ3n) is 3.52. The smallest absolute Gasteiger partial charge is 0.220 e. The van der Waals surface area contributed by atoms with Crippen molar-refractivity contribution in [2.75, 3.05) is 6.54 Å². The number of hydrogen-bond donors (Lipinski definition) is 2. The first-order chi connectivity index (χ1) is 7.20. The van der Waals surface area contributed by atoms with E-state index in [1.807, 2.05) is 6.92 Å². The molecule has 1 unspecified atom stereocenters. The van der Waals surface area contributed by atoms with Crippen LogP contribution in [-0.2, 0) is 4.79 Å². The second-order valence-electron chi connectivity index (χ2n) is 5.31. The lowest BCUT2D eigenvalue weighted by atomic mass is 10.0. The van der Waals surface area contributed by atoms with Crippen molar-refractivity contribution >= 4 is 5.91 Å². The van der Waals surface area contributed by atoms with Crippen molar-refractivity contribution in [2.45, 2.75) is 45.1 Å². The highest BCUT2D eigenvalue weighted by Crippen LogP contribution is 2.44. The highest BCUT2D eigenvalue weighted by atomic mass is 16.1. The molecule has 0 spiro atoms. The third-order valence-corrected chi connectivity index (χ3v) is 3.52. The second-order valence-corrected chi connectivity index (χ2v) is 5.31. The Labute approximate surface area is 91.8 Å². The van der Waals surface area contributed by atoms with Gasteiger partial charge in [-0.3, -0.25) is 4.79 Å². The predicted octanol–water partition coefficient (Wildman–Crippen LogP) is 1.28. The van der Waals surface area contributed by atoms with Crippen LogP contribution in [0.4, 0.5) is 0 Å². The lowest BCUT2D eigenvalue weighted by Gasteiger charge is -2.18. The lowest BCUT2D eigenvalue weighted by Crippen LogP contribution is -2.39. The van der Waals surface area contributed by atoms with Crippen LogP contribution in [0.15, 0.2) is 0 Å². The molecule has 0 aromatic rings. The number of amides is 1. The number of carbonyl (C=O) groups excluding carboxylic acids is 1. The summed E-state index contributed by atoms with van der Waals surface area (Å²) in [7, 11) is 0. The molecule has 1 atom stereocenters. The topological polar surface area (TPSA) is 55.1 Å². The monoisotopic (exact) mass is 210 g/mol. The Kier molecular flexibility index (Phi) is 3.29. The van der Waals surface area contributed by atoms with Crippen LogP contribution < -0.4 is 11.1 Å². The van der Waals surface area contributed by atoms with Crippen molar-refractivity contribution in [3.05, 3.63) is 0 Å². The Morgan fingerprint density at radius 1 is 1.33 bits per heavy atom. The first kappa shape index (κ1) is 10.9. The molecule has 2 aliphatic carbocycles. The van der Waals surface area contributed by atoms with E-state index in [4.69, 9.17) is 5.73 Å². The van der Waals surface area contributed by atoms with Gasteiger partial charge in [0.1, 0.15) is 0 Å². The van der Waals surface area contributed by atoms with Crippen LogP contribution in [0.1, 0.15) is 39.0 Å². The van der Waals surface area contributed by atoms with Crippen LogP contribution in [0.25, 0.3) is 0 Å². The molecule has 86 valence electrons. The van der Waals surface area contributed by atoms with E-state index in [0.717, 1.165) is 11.8 Å². The minimum absolute atomic E-state index is 0.205. The molecular weight excluding hydrogens is 188 g/mol. The molecule has 2 fully saturated rings. The molecule has 2 aliphatic rings. The van der Waals surface area contributed by atoms with Gasteiger partial charge in [0, 0.05) is 12.5 Å². The second kappa shape index (κ2) is 4.52. The molecule has 0 heterocycles. The van der Waals surface area contributed by atoms with Crippen molar-refractivity contribution in [3.63, 3.8) is 0 Å². The third kappa shape index (κ3) is 3.20. The molecular formula is C12H22N2O. The van der Waals surface area contributed by atoms with E-state index in [9.17, 15) is 4.79 Å². The molecule has 0 aromatic carbocycles. The summed E-state index contributed by atoms with van der Waals surface area (Å²) >= 11 is 0. The SMILES string of the molecule is CC(CN)CC(=O)NC(C1CC1)C1CC1. The van der Waals surface area contributed by atoms with Crippen molar-refractivity contribution in [1.29, 1.82) is 0 Å². The number of carbonyl (C=O) groups is 1. The highest BCUT2D eigenvalue weighted by molar-refractivity contribution is 5.76. The minimum atomic E-state index is 0.205. The molecule has 3 heteroatoms. The summed E-state index contributed by atoms with van der Waals surface area (Å²) in [5.74, 6) is 2.09. The zero-order chi connectivity index (χ0) is 10.8. The molecule has 15 heavy (non-hydrogen) atoms. The molecule has 0 saturated heterocycles. The van der Waals surface area contributed by atoms with Gasteiger partial charge in [-0.1, -0.05) is 6.92 Å². The molecule has 0 aromatic heterocycles. The van der Waals surface area contributed by atoms with E-state index in [0.29, 0.717) is 24.9 Å². The molecule has 1 amide bonds. The van der Waals surface area contributed by atoms with E-state index in [1.165, 1.54) is 25.7 Å². The Morgan fingerprint density at radius 2 is 1.87 bits per heavy atom. The van der Waals surface area contributed by atoms with Crippen LogP contribution in [0.3, 0.4) is 0 Å². The summed E-state index contributed by atoms with van der Waals surface area (Å²) in [6.07, 6.45) is 5.84. The van der Waals surface area contributed by atoms with Gasteiger partial charge in [0.15, 0.2) is 0 Å². The average Bonchev–Trinajstić information content (AvgIpc) is 3.02. The maximum atomic E-state index is 11.7. The van der Waals surface area contributed by atoms with E-state index in [2.05, 4.69) is 5.32 Å². The highest BCUT2D eigenvalue weighted by Gasteiger charge is 2.42. The van der Waals surface area contributed by atoms with Crippen molar-refractivity contribution < 1.29 is 4.79 Å². The minimum Gasteiger partial charge on any atom is -0.353 e. The zero-order valence-corrected chi connectivity index (χ0v) is 9.54. The summed E-state index contributed by atoms with van der Waals surface area (Å²) in [6.45, 7) is 2.63. The van der Waals surface area contributed by atoms with Crippen LogP contribution in [0.5, 0.6) is 0 Å². The van der Waals surface area contributed by atoms with Crippen LogP contribution in [0.2, 0.25) is 0 Å². The number of hydrogen-bond acceptors (Lipinski definition) is 2. The summed E-state index contributed by atoms with van der Waals surface area (Å²) in [5, 5.41) is 3.21. The molecule has 2 rings (SSSR count). The summed E-state index contributed by atoms with van der Waals surface area (Å²) in [6, 6.07) is 0.488. The summed E-state index contributed by atoms with van der Waals surface area (Å²) < 4.78 is 0. The fraction of sp³-hybridized carbons (Fsp3) is 0.917. The number of nitrogens with two attached hydrogens (primary N) is 1. The molecule has 3 nitrogen and oxygen atoms in total. The van der Waals surface area contributed by atoms with Gasteiger partial charge in [0.2, 0.25) is 5.91 Å². The Bertz CT molecular complexity index is 222. The Balaban J connectivity index is 1.75. The van der Waals surface area contributed by atoms with Crippen molar-refractivity contribution in [2.24, 2.45) is 23.5 Å². The Morgan fingerprint density at radius 3 is 2.27 bits per heavy atom. The quantitative estimate of drug-likeness (QED) is 0.694. The van der Waals surface area contributed by atoms with E-state index < -0.39 is 0 Å². The van der Waals surface area contributed by atoms with Crippen molar-refractivity contribution in [3.8, 4) is 0 Å². The van der Waals surface area contributed by atoms with Gasteiger partial charge in [-0.25, -0.2) is 0 Å². The molecule has 0 aliphatic heterocycles. The predicted molar refractivity (Wildman–Crippen MR) is 60.2 cm³/mol. The summed E-state index contributed by atoms with van der Waals surface area (Å²) in [4.78, 5) is 11.7. The van der Waals surface area contributed by atoms with Gasteiger partial charge >= 0.3 is 0 Å². The van der Waals surface area contributed by atoms with Gasteiger partial charge in [0.05, 0.1) is 0 Å². The van der Waals surface area contributed by atoms with Crippen LogP contribution in [-0.4, -0.2) is 18.5 Å². The van der Waals surface area contributed by atoms with Gasteiger partial charge in [-0.15, -0.1) is 0 Å². The summed E-state index contributed by atoms with van der Waals surface area (Å²) in [5.41, 5.74) is 5.52. The van der Waals surface area contributed by atoms with Crippen LogP contribution in [0, 0.1) is 17.8 Å². The lowest BCUT2D eigenvalue weighted by molar-refractivity contribution is -0.122. The fourth-order valence-corrected chi connectivity index (χ4v) is 2.18. The standard InChI is InChI=1S/C12H22N2O/c1-8(7-13)6-11(15)14-12(9-2-3-9)10-4-5-10/h8-10,12H,2-7,13H2,1H3,(H,14,15). The van der Waals surface area contributed by atoms with E-state index in [-0.39, 0.29) is 5.91 Å². The average molecular weight is 210 g/mol. The maximum absolute atomic E-state index is 11.7.